The van der Waals surface area contributed by atoms with E-state index in [-0.39, 0.29) is 17.5 Å². The van der Waals surface area contributed by atoms with Crippen molar-refractivity contribution < 1.29 is 14.7 Å². The Bertz CT molecular complexity index is 701. The zero-order chi connectivity index (χ0) is 16.3. The molecule has 0 radical (unpaired) electrons. The lowest BCUT2D eigenvalue weighted by Crippen LogP contribution is -2.13. The molecule has 0 atom stereocenters. The van der Waals surface area contributed by atoms with E-state index in [1.165, 1.54) is 10.8 Å². The highest BCUT2D eigenvalue weighted by Gasteiger charge is 2.14. The molecule has 3 N–H and O–H groups in total. The Balaban J connectivity index is 1.94. The molecule has 0 aromatic carbocycles. The van der Waals surface area contributed by atoms with Crippen molar-refractivity contribution in [3.05, 3.63) is 30.0 Å². The van der Waals surface area contributed by atoms with Gasteiger partial charge < -0.3 is 24.9 Å². The van der Waals surface area contributed by atoms with Gasteiger partial charge in [0.15, 0.2) is 5.82 Å². The van der Waals surface area contributed by atoms with E-state index in [2.05, 4.69) is 15.6 Å². The molecule has 0 saturated carbocycles. The van der Waals surface area contributed by atoms with Crippen LogP contribution in [0.4, 0.5) is 11.5 Å². The minimum atomic E-state index is -1.13. The lowest BCUT2D eigenvalue weighted by atomic mass is 10.2. The van der Waals surface area contributed by atoms with E-state index in [0.29, 0.717) is 12.8 Å². The standard InChI is InChI=1S/C14H19N5O3/c1-15-9-6-10(18(2)7-9)4-5-12(20)16-11-8-19(3)13(17-11)14(21)22/h6-8,15H,4-5H2,1-3H3,(H,16,20)(H,21,22). The second kappa shape index (κ2) is 6.33. The van der Waals surface area contributed by atoms with Crippen LogP contribution in [0.5, 0.6) is 0 Å². The summed E-state index contributed by atoms with van der Waals surface area (Å²) in [5.41, 5.74) is 2.03. The molecule has 2 aromatic rings. The summed E-state index contributed by atoms with van der Waals surface area (Å²) < 4.78 is 3.32. The summed E-state index contributed by atoms with van der Waals surface area (Å²) in [6.45, 7) is 0. The van der Waals surface area contributed by atoms with E-state index in [0.717, 1.165) is 11.4 Å². The van der Waals surface area contributed by atoms with Crippen LogP contribution in [0.15, 0.2) is 18.5 Å². The normalized spacial score (nSPS) is 10.5. The van der Waals surface area contributed by atoms with Gasteiger partial charge in [-0.2, -0.15) is 0 Å². The van der Waals surface area contributed by atoms with Crippen molar-refractivity contribution in [2.45, 2.75) is 12.8 Å². The van der Waals surface area contributed by atoms with Crippen molar-refractivity contribution in [3.8, 4) is 0 Å². The molecule has 118 valence electrons. The molecule has 2 heterocycles. The summed E-state index contributed by atoms with van der Waals surface area (Å²) in [5, 5.41) is 14.6. The molecule has 0 unspecified atom stereocenters. The summed E-state index contributed by atoms with van der Waals surface area (Å²) in [5.74, 6) is -1.21. The molecule has 8 nitrogen and oxygen atoms in total. The largest absolute Gasteiger partial charge is 0.475 e. The van der Waals surface area contributed by atoms with Gasteiger partial charge in [0.25, 0.3) is 0 Å². The molecule has 0 aliphatic heterocycles. The predicted molar refractivity (Wildman–Crippen MR) is 82.1 cm³/mol. The van der Waals surface area contributed by atoms with E-state index in [1.807, 2.05) is 30.9 Å². The quantitative estimate of drug-likeness (QED) is 0.741. The molecule has 2 aromatic heterocycles. The van der Waals surface area contributed by atoms with Gasteiger partial charge in [-0.3, -0.25) is 4.79 Å². The molecule has 0 aliphatic carbocycles. The molecular formula is C14H19N5O3. The number of nitrogens with zero attached hydrogens (tertiary/aromatic N) is 3. The average molecular weight is 305 g/mol. The van der Waals surface area contributed by atoms with Crippen LogP contribution in [0.2, 0.25) is 0 Å². The van der Waals surface area contributed by atoms with Crippen LogP contribution < -0.4 is 10.6 Å². The average Bonchev–Trinajstić information content (AvgIpc) is 2.99. The molecule has 0 spiro atoms. The Morgan fingerprint density at radius 3 is 2.55 bits per heavy atom. The number of imidazole rings is 1. The topological polar surface area (TPSA) is 101 Å². The van der Waals surface area contributed by atoms with E-state index in [1.54, 1.807) is 7.05 Å². The molecule has 8 heteroatoms. The third kappa shape index (κ3) is 3.46. The fourth-order valence-electron chi connectivity index (χ4n) is 2.17. The minimum absolute atomic E-state index is 0.114. The maximum atomic E-state index is 11.9. The number of aromatic carboxylic acids is 1. The van der Waals surface area contributed by atoms with E-state index < -0.39 is 5.97 Å². The van der Waals surface area contributed by atoms with Gasteiger partial charge in [-0.25, -0.2) is 9.78 Å². The van der Waals surface area contributed by atoms with Crippen molar-refractivity contribution in [2.24, 2.45) is 14.1 Å². The van der Waals surface area contributed by atoms with Crippen molar-refractivity contribution >= 4 is 23.4 Å². The Hall–Kier alpha value is -2.77. The number of anilines is 2. The van der Waals surface area contributed by atoms with Crippen LogP contribution in [0.3, 0.4) is 0 Å². The number of carboxylic acid groups (broad SMARTS) is 1. The van der Waals surface area contributed by atoms with E-state index in [9.17, 15) is 9.59 Å². The fraction of sp³-hybridized carbons (Fsp3) is 0.357. The summed E-state index contributed by atoms with van der Waals surface area (Å²) in [4.78, 5) is 26.7. The monoisotopic (exact) mass is 305 g/mol. The zero-order valence-electron chi connectivity index (χ0n) is 12.8. The Labute approximate surface area is 127 Å². The second-order valence-electron chi connectivity index (χ2n) is 5.00. The smallest absolute Gasteiger partial charge is 0.372 e. The van der Waals surface area contributed by atoms with Crippen molar-refractivity contribution in [1.29, 1.82) is 0 Å². The molecule has 22 heavy (non-hydrogen) atoms. The van der Waals surface area contributed by atoms with Crippen LogP contribution in [-0.4, -0.2) is 38.1 Å². The lowest BCUT2D eigenvalue weighted by Gasteiger charge is -2.03. The van der Waals surface area contributed by atoms with Gasteiger partial charge in [-0.1, -0.05) is 0 Å². The van der Waals surface area contributed by atoms with Gasteiger partial charge in [0.05, 0.1) is 5.69 Å². The third-order valence-electron chi connectivity index (χ3n) is 3.34. The molecule has 0 saturated heterocycles. The SMILES string of the molecule is CNc1cc(CCC(=O)Nc2cn(C)c(C(=O)O)n2)n(C)c1. The summed E-state index contributed by atoms with van der Waals surface area (Å²) in [7, 11) is 5.33. The first-order valence-corrected chi connectivity index (χ1v) is 6.80. The maximum Gasteiger partial charge on any atom is 0.372 e. The third-order valence-corrected chi connectivity index (χ3v) is 3.34. The number of hydrogen-bond acceptors (Lipinski definition) is 4. The van der Waals surface area contributed by atoms with E-state index in [4.69, 9.17) is 5.11 Å². The summed E-state index contributed by atoms with van der Waals surface area (Å²) >= 11 is 0. The highest BCUT2D eigenvalue weighted by Crippen LogP contribution is 2.14. The first-order chi connectivity index (χ1) is 10.4. The first-order valence-electron chi connectivity index (χ1n) is 6.80. The number of carboxylic acids is 1. The minimum Gasteiger partial charge on any atom is -0.475 e. The van der Waals surface area contributed by atoms with Gasteiger partial charge in [-0.05, 0) is 12.5 Å². The number of aromatic nitrogens is 3. The number of rotatable bonds is 6. The molecule has 0 bridgehead atoms. The van der Waals surface area contributed by atoms with Crippen LogP contribution in [-0.2, 0) is 25.3 Å². The number of nitrogens with one attached hydrogen (secondary N) is 2. The van der Waals surface area contributed by atoms with Crippen LogP contribution in [0.1, 0.15) is 22.7 Å². The highest BCUT2D eigenvalue weighted by atomic mass is 16.4. The fourth-order valence-corrected chi connectivity index (χ4v) is 2.17. The van der Waals surface area contributed by atoms with Crippen LogP contribution >= 0.6 is 0 Å². The number of carbonyl (C=O) groups excluding carboxylic acids is 1. The van der Waals surface area contributed by atoms with Gasteiger partial charge in [-0.15, -0.1) is 0 Å². The van der Waals surface area contributed by atoms with Crippen molar-refractivity contribution in [1.82, 2.24) is 14.1 Å². The lowest BCUT2D eigenvalue weighted by molar-refractivity contribution is -0.116. The number of hydrogen-bond donors (Lipinski definition) is 3. The number of aryl methyl sites for hydroxylation is 3. The number of amides is 1. The van der Waals surface area contributed by atoms with Gasteiger partial charge in [0.1, 0.15) is 0 Å². The highest BCUT2D eigenvalue weighted by molar-refractivity contribution is 5.91. The zero-order valence-corrected chi connectivity index (χ0v) is 12.8. The molecule has 0 aliphatic rings. The van der Waals surface area contributed by atoms with Crippen LogP contribution in [0.25, 0.3) is 0 Å². The molecular weight excluding hydrogens is 286 g/mol. The van der Waals surface area contributed by atoms with Crippen LogP contribution in [0, 0.1) is 0 Å². The predicted octanol–water partition coefficient (Wildman–Crippen LogP) is 1.07. The molecule has 0 fully saturated rings. The molecule has 1 amide bonds. The maximum absolute atomic E-state index is 11.9. The van der Waals surface area contributed by atoms with E-state index >= 15 is 0 Å². The second-order valence-corrected chi connectivity index (χ2v) is 5.00. The first kappa shape index (κ1) is 15.6. The van der Waals surface area contributed by atoms with Gasteiger partial charge >= 0.3 is 5.97 Å². The summed E-state index contributed by atoms with van der Waals surface area (Å²) in [6, 6.07) is 1.98. The van der Waals surface area contributed by atoms with Crippen molar-refractivity contribution in [3.63, 3.8) is 0 Å². The van der Waals surface area contributed by atoms with Gasteiger partial charge in [0, 0.05) is 45.7 Å². The van der Waals surface area contributed by atoms with Crippen molar-refractivity contribution in [2.75, 3.05) is 17.7 Å². The summed E-state index contributed by atoms with van der Waals surface area (Å²) in [6.07, 6.45) is 4.30. The number of carbonyl (C=O) groups is 2. The Morgan fingerprint density at radius 2 is 2.00 bits per heavy atom. The van der Waals surface area contributed by atoms with Gasteiger partial charge in [0.2, 0.25) is 11.7 Å². The Morgan fingerprint density at radius 1 is 1.27 bits per heavy atom. The molecule has 2 rings (SSSR count). The Kier molecular flexibility index (Phi) is 4.50.